The van der Waals surface area contributed by atoms with Gasteiger partial charge in [0, 0.05) is 35.9 Å². The largest absolute Gasteiger partial charge is 0.326 e. The number of anilines is 1. The molecule has 1 amide bonds. The summed E-state index contributed by atoms with van der Waals surface area (Å²) in [6, 6.07) is 10.8. The summed E-state index contributed by atoms with van der Waals surface area (Å²) in [6.45, 7) is 3.15. The van der Waals surface area contributed by atoms with Gasteiger partial charge in [-0.3, -0.25) is 4.79 Å². The zero-order valence-corrected chi connectivity index (χ0v) is 14.7. The zero-order valence-electron chi connectivity index (χ0n) is 13.0. The van der Waals surface area contributed by atoms with Gasteiger partial charge in [-0.15, -0.1) is 23.1 Å². The number of carbonyl (C=O) groups is 1. The molecule has 120 valence electrons. The number of thioether (sulfide) groups is 1. The molecule has 0 spiro atoms. The van der Waals surface area contributed by atoms with E-state index in [4.69, 9.17) is 0 Å². The van der Waals surface area contributed by atoms with Gasteiger partial charge < -0.3 is 10.6 Å². The first-order chi connectivity index (χ1) is 11.2. The Bertz CT molecular complexity index is 727. The molecule has 3 nitrogen and oxygen atoms in total. The van der Waals surface area contributed by atoms with Crippen molar-refractivity contribution in [2.45, 2.75) is 41.2 Å². The Morgan fingerprint density at radius 3 is 3.04 bits per heavy atom. The molecule has 5 heteroatoms. The molecule has 2 unspecified atom stereocenters. The Labute approximate surface area is 144 Å². The van der Waals surface area contributed by atoms with E-state index in [-0.39, 0.29) is 11.8 Å². The van der Waals surface area contributed by atoms with Gasteiger partial charge in [0.2, 0.25) is 5.91 Å². The lowest BCUT2D eigenvalue weighted by Gasteiger charge is -2.31. The van der Waals surface area contributed by atoms with Crippen LogP contribution in [0.4, 0.5) is 5.69 Å². The topological polar surface area (TPSA) is 41.1 Å². The molecule has 0 saturated carbocycles. The Balaban J connectivity index is 1.51. The number of hydrogen-bond acceptors (Lipinski definition) is 4. The van der Waals surface area contributed by atoms with Crippen molar-refractivity contribution in [1.82, 2.24) is 5.32 Å². The van der Waals surface area contributed by atoms with E-state index in [0.29, 0.717) is 17.7 Å². The van der Waals surface area contributed by atoms with Gasteiger partial charge in [0.1, 0.15) is 0 Å². The minimum absolute atomic E-state index is 0.124. The van der Waals surface area contributed by atoms with Gasteiger partial charge in [-0.25, -0.2) is 0 Å². The van der Waals surface area contributed by atoms with Crippen molar-refractivity contribution in [3.8, 4) is 0 Å². The molecule has 3 atom stereocenters. The van der Waals surface area contributed by atoms with Gasteiger partial charge in [-0.1, -0.05) is 25.1 Å². The second-order valence-electron chi connectivity index (χ2n) is 6.32. The highest BCUT2D eigenvalue weighted by atomic mass is 32.2. The molecule has 2 aliphatic rings. The van der Waals surface area contributed by atoms with Crippen LogP contribution in [0.25, 0.3) is 0 Å². The van der Waals surface area contributed by atoms with Gasteiger partial charge in [0.25, 0.3) is 0 Å². The summed E-state index contributed by atoms with van der Waals surface area (Å²) in [4.78, 5) is 12.0. The fourth-order valence-corrected chi connectivity index (χ4v) is 6.08. The SMILES string of the molecule is C[C@H]1CC(NCC2CC(=O)Nc3ccccc32)c2ccsc2S1. The predicted octanol–water partition coefficient (Wildman–Crippen LogP) is 4.39. The number of thiophene rings is 1. The molecular formula is C18H20N2OS2. The average Bonchev–Trinajstić information content (AvgIpc) is 3.00. The number of benzene rings is 1. The Morgan fingerprint density at radius 2 is 2.13 bits per heavy atom. The molecule has 1 aromatic carbocycles. The third-order valence-corrected chi connectivity index (χ3v) is 6.97. The van der Waals surface area contributed by atoms with Crippen LogP contribution in [0.3, 0.4) is 0 Å². The first-order valence-electron chi connectivity index (χ1n) is 8.07. The first kappa shape index (κ1) is 15.2. The molecule has 0 aliphatic carbocycles. The number of para-hydroxylation sites is 1. The number of hydrogen-bond donors (Lipinski definition) is 2. The number of amides is 1. The molecular weight excluding hydrogens is 324 g/mol. The van der Waals surface area contributed by atoms with E-state index in [0.717, 1.165) is 18.7 Å². The Kier molecular flexibility index (Phi) is 4.18. The van der Waals surface area contributed by atoms with Crippen LogP contribution in [0.15, 0.2) is 39.9 Å². The number of carbonyl (C=O) groups excluding carboxylic acids is 1. The normalized spacial score (nSPS) is 26.3. The first-order valence-corrected chi connectivity index (χ1v) is 9.83. The molecule has 2 aliphatic heterocycles. The molecule has 0 bridgehead atoms. The fraction of sp³-hybridized carbons (Fsp3) is 0.389. The molecule has 0 fully saturated rings. The van der Waals surface area contributed by atoms with Crippen LogP contribution in [0, 0.1) is 0 Å². The van der Waals surface area contributed by atoms with E-state index in [1.807, 2.05) is 35.2 Å². The van der Waals surface area contributed by atoms with E-state index < -0.39 is 0 Å². The highest BCUT2D eigenvalue weighted by Crippen LogP contribution is 2.44. The summed E-state index contributed by atoms with van der Waals surface area (Å²) in [6.07, 6.45) is 1.71. The summed E-state index contributed by atoms with van der Waals surface area (Å²) in [5.41, 5.74) is 3.66. The Morgan fingerprint density at radius 1 is 1.26 bits per heavy atom. The summed E-state index contributed by atoms with van der Waals surface area (Å²) in [5, 5.41) is 9.54. The molecule has 2 N–H and O–H groups in total. The van der Waals surface area contributed by atoms with Crippen LogP contribution in [0.5, 0.6) is 0 Å². The maximum Gasteiger partial charge on any atom is 0.225 e. The number of nitrogens with one attached hydrogen (secondary N) is 2. The monoisotopic (exact) mass is 344 g/mol. The Hall–Kier alpha value is -1.30. The lowest BCUT2D eigenvalue weighted by atomic mass is 9.90. The average molecular weight is 345 g/mol. The van der Waals surface area contributed by atoms with Crippen LogP contribution in [-0.2, 0) is 4.79 Å². The van der Waals surface area contributed by atoms with Crippen molar-refractivity contribution in [2.24, 2.45) is 0 Å². The van der Waals surface area contributed by atoms with E-state index in [2.05, 4.69) is 41.1 Å². The minimum Gasteiger partial charge on any atom is -0.326 e. The third kappa shape index (κ3) is 3.05. The van der Waals surface area contributed by atoms with Crippen molar-refractivity contribution >= 4 is 34.7 Å². The molecule has 3 heterocycles. The predicted molar refractivity (Wildman–Crippen MR) is 97.4 cm³/mol. The van der Waals surface area contributed by atoms with Crippen molar-refractivity contribution in [3.05, 3.63) is 46.8 Å². The summed E-state index contributed by atoms with van der Waals surface area (Å²) >= 11 is 3.83. The van der Waals surface area contributed by atoms with Gasteiger partial charge in [-0.05, 0) is 35.1 Å². The minimum atomic E-state index is 0.124. The molecule has 1 aromatic heterocycles. The second-order valence-corrected chi connectivity index (χ2v) is 8.95. The van der Waals surface area contributed by atoms with Crippen molar-refractivity contribution in [3.63, 3.8) is 0 Å². The summed E-state index contributed by atoms with van der Waals surface area (Å²) < 4.78 is 1.45. The molecule has 23 heavy (non-hydrogen) atoms. The van der Waals surface area contributed by atoms with Gasteiger partial charge in [0.05, 0.1) is 4.21 Å². The fourth-order valence-electron chi connectivity index (χ4n) is 3.51. The zero-order chi connectivity index (χ0) is 15.8. The lowest BCUT2D eigenvalue weighted by molar-refractivity contribution is -0.116. The van der Waals surface area contributed by atoms with E-state index in [1.54, 1.807) is 0 Å². The molecule has 0 radical (unpaired) electrons. The van der Waals surface area contributed by atoms with Gasteiger partial charge in [-0.2, -0.15) is 0 Å². The van der Waals surface area contributed by atoms with Crippen molar-refractivity contribution in [1.29, 1.82) is 0 Å². The number of fused-ring (bicyclic) bond motifs is 2. The molecule has 2 aromatic rings. The van der Waals surface area contributed by atoms with Crippen LogP contribution in [0.1, 0.15) is 42.9 Å². The van der Waals surface area contributed by atoms with Crippen molar-refractivity contribution in [2.75, 3.05) is 11.9 Å². The van der Waals surface area contributed by atoms with Gasteiger partial charge in [0.15, 0.2) is 0 Å². The third-order valence-electron chi connectivity index (χ3n) is 4.63. The smallest absolute Gasteiger partial charge is 0.225 e. The van der Waals surface area contributed by atoms with E-state index in [1.165, 1.54) is 15.3 Å². The highest BCUT2D eigenvalue weighted by Gasteiger charge is 2.29. The van der Waals surface area contributed by atoms with E-state index in [9.17, 15) is 4.79 Å². The van der Waals surface area contributed by atoms with Gasteiger partial charge >= 0.3 is 0 Å². The summed E-state index contributed by atoms with van der Waals surface area (Å²) in [7, 11) is 0. The van der Waals surface area contributed by atoms with E-state index >= 15 is 0 Å². The van der Waals surface area contributed by atoms with Crippen LogP contribution >= 0.6 is 23.1 Å². The quantitative estimate of drug-likeness (QED) is 0.868. The lowest BCUT2D eigenvalue weighted by Crippen LogP contribution is -2.33. The van der Waals surface area contributed by atoms with Crippen LogP contribution in [-0.4, -0.2) is 17.7 Å². The molecule has 0 saturated heterocycles. The second kappa shape index (κ2) is 6.30. The maximum atomic E-state index is 12.0. The van der Waals surface area contributed by atoms with Crippen LogP contribution < -0.4 is 10.6 Å². The standard InChI is InChI=1S/C18H20N2OS2/c1-11-8-16(14-6-7-22-18(14)23-11)19-10-12-9-17(21)20-15-5-3-2-4-13(12)15/h2-7,11-12,16,19H,8-10H2,1H3,(H,20,21)/t11-,12?,16?/m0/s1. The van der Waals surface area contributed by atoms with Crippen LogP contribution in [0.2, 0.25) is 0 Å². The highest BCUT2D eigenvalue weighted by molar-refractivity contribution is 8.01. The van der Waals surface area contributed by atoms with Crippen molar-refractivity contribution < 1.29 is 4.79 Å². The summed E-state index contributed by atoms with van der Waals surface area (Å²) in [5.74, 6) is 0.381. The molecule has 4 rings (SSSR count). The number of rotatable bonds is 3. The maximum absolute atomic E-state index is 12.0.